The molecule has 0 unspecified atom stereocenters. The summed E-state index contributed by atoms with van der Waals surface area (Å²) in [5.41, 5.74) is 0.281. The summed E-state index contributed by atoms with van der Waals surface area (Å²) in [5.74, 6) is 1.11. The Labute approximate surface area is 153 Å². The van der Waals surface area contributed by atoms with Gasteiger partial charge in [-0.25, -0.2) is 0 Å². The fourth-order valence-corrected chi connectivity index (χ4v) is 5.19. The summed E-state index contributed by atoms with van der Waals surface area (Å²) in [6, 6.07) is 3.47. The molecule has 1 atom stereocenters. The van der Waals surface area contributed by atoms with Crippen LogP contribution < -0.4 is 5.32 Å². The van der Waals surface area contributed by atoms with E-state index in [0.29, 0.717) is 17.1 Å². The van der Waals surface area contributed by atoms with Gasteiger partial charge in [-0.05, 0) is 56.8 Å². The second-order valence-electron chi connectivity index (χ2n) is 7.78. The molecule has 140 valence electrons. The molecule has 3 aliphatic heterocycles. The van der Waals surface area contributed by atoms with Crippen molar-refractivity contribution in [3.05, 3.63) is 22.7 Å². The van der Waals surface area contributed by atoms with Crippen LogP contribution in [-0.2, 0) is 6.42 Å². The number of rotatable bonds is 3. The molecule has 6 rings (SSSR count). The summed E-state index contributed by atoms with van der Waals surface area (Å²) in [6.07, 6.45) is -0.835. The summed E-state index contributed by atoms with van der Waals surface area (Å²) in [5, 5.41) is 8.22. The molecule has 4 heterocycles. The quantitative estimate of drug-likeness (QED) is 0.836. The van der Waals surface area contributed by atoms with Gasteiger partial charge in [-0.1, -0.05) is 16.8 Å². The lowest BCUT2D eigenvalue weighted by Gasteiger charge is -2.52. The van der Waals surface area contributed by atoms with Crippen LogP contribution in [0.5, 0.6) is 0 Å². The number of benzene rings is 1. The van der Waals surface area contributed by atoms with E-state index in [0.717, 1.165) is 25.9 Å². The first-order chi connectivity index (χ1) is 12.4. The number of nitrogens with one attached hydrogen (secondary N) is 1. The highest BCUT2D eigenvalue weighted by atomic mass is 35.5. The number of anilines is 1. The largest absolute Gasteiger partial charge is 0.393 e. The monoisotopic (exact) mass is 385 g/mol. The maximum absolute atomic E-state index is 12.9. The number of fused-ring (bicyclic) bond motifs is 3. The molecule has 0 radical (unpaired) electrons. The van der Waals surface area contributed by atoms with Crippen molar-refractivity contribution in [3.8, 4) is 0 Å². The van der Waals surface area contributed by atoms with Crippen LogP contribution in [0.4, 0.5) is 19.0 Å². The van der Waals surface area contributed by atoms with E-state index in [1.807, 2.05) is 0 Å². The maximum Gasteiger partial charge on any atom is 0.393 e. The first-order valence-electron chi connectivity index (χ1n) is 9.02. The zero-order valence-electron chi connectivity index (χ0n) is 14.1. The van der Waals surface area contributed by atoms with Crippen molar-refractivity contribution < 1.29 is 17.7 Å². The van der Waals surface area contributed by atoms with Gasteiger partial charge >= 0.3 is 6.18 Å². The molecule has 2 bridgehead atoms. The molecule has 4 nitrogen and oxygen atoms in total. The molecular weight excluding hydrogens is 367 g/mol. The van der Waals surface area contributed by atoms with Gasteiger partial charge in [-0.15, -0.1) is 0 Å². The fourth-order valence-electron chi connectivity index (χ4n) is 4.97. The third-order valence-corrected chi connectivity index (χ3v) is 6.69. The molecular formula is C18H19ClF3N3O. The van der Waals surface area contributed by atoms with Crippen molar-refractivity contribution in [2.75, 3.05) is 18.4 Å². The zero-order chi connectivity index (χ0) is 18.1. The van der Waals surface area contributed by atoms with Crippen molar-refractivity contribution in [2.45, 2.75) is 49.9 Å². The van der Waals surface area contributed by atoms with Crippen LogP contribution in [0, 0.1) is 5.92 Å². The van der Waals surface area contributed by atoms with Gasteiger partial charge in [0.15, 0.2) is 11.4 Å². The Morgan fingerprint density at radius 2 is 2.00 bits per heavy atom. The van der Waals surface area contributed by atoms with Gasteiger partial charge in [-0.3, -0.25) is 4.90 Å². The number of alkyl halides is 3. The molecule has 4 fully saturated rings. The van der Waals surface area contributed by atoms with E-state index in [1.54, 1.807) is 6.07 Å². The molecule has 1 aliphatic carbocycles. The summed E-state index contributed by atoms with van der Waals surface area (Å²) in [7, 11) is 0. The van der Waals surface area contributed by atoms with E-state index in [1.165, 1.54) is 18.9 Å². The highest BCUT2D eigenvalue weighted by Crippen LogP contribution is 2.54. The SMILES string of the molecule is FC(F)(F)Cc1c(Cl)ccc2c(N[C@@H]3C4CCN(CC4)C34CC4)noc12. The second-order valence-corrected chi connectivity index (χ2v) is 8.18. The van der Waals surface area contributed by atoms with Crippen LogP contribution in [-0.4, -0.2) is 40.9 Å². The highest BCUT2D eigenvalue weighted by Gasteiger charge is 2.60. The van der Waals surface area contributed by atoms with Crippen LogP contribution >= 0.6 is 11.6 Å². The third kappa shape index (κ3) is 2.51. The molecule has 1 saturated carbocycles. The van der Waals surface area contributed by atoms with Crippen LogP contribution in [0.1, 0.15) is 31.2 Å². The van der Waals surface area contributed by atoms with E-state index in [9.17, 15) is 13.2 Å². The lowest BCUT2D eigenvalue weighted by atomic mass is 9.77. The summed E-state index contributed by atoms with van der Waals surface area (Å²) < 4.78 is 44.0. The lowest BCUT2D eigenvalue weighted by molar-refractivity contribution is -0.127. The standard InChI is InChI=1S/C18H19ClF3N3O/c19-13-2-1-11-14(12(13)9-18(20,21)22)26-24-16(11)23-15-10-3-7-25(8-4-10)17(15)5-6-17/h1-2,10,15H,3-9H2,(H,23,24)/t15-/m1/s1. The zero-order valence-corrected chi connectivity index (χ0v) is 14.8. The molecule has 1 aromatic carbocycles. The minimum absolute atomic E-state index is 0.0488. The number of halogens is 4. The van der Waals surface area contributed by atoms with Gasteiger partial charge in [0.2, 0.25) is 0 Å². The number of hydrogen-bond acceptors (Lipinski definition) is 4. The minimum atomic E-state index is -4.35. The molecule has 4 aliphatic rings. The average molecular weight is 386 g/mol. The molecule has 3 saturated heterocycles. The Balaban J connectivity index is 1.50. The minimum Gasteiger partial charge on any atom is -0.362 e. The van der Waals surface area contributed by atoms with Gasteiger partial charge in [0, 0.05) is 22.2 Å². The fraction of sp³-hybridized carbons (Fsp3) is 0.611. The Morgan fingerprint density at radius 3 is 2.65 bits per heavy atom. The van der Waals surface area contributed by atoms with Crippen molar-refractivity contribution in [1.82, 2.24) is 10.1 Å². The normalized spacial score (nSPS) is 29.5. The second kappa shape index (κ2) is 5.52. The number of piperidine rings is 3. The van der Waals surface area contributed by atoms with Gasteiger partial charge in [0.05, 0.1) is 11.8 Å². The van der Waals surface area contributed by atoms with Gasteiger partial charge in [0.25, 0.3) is 0 Å². The molecule has 0 amide bonds. The highest BCUT2D eigenvalue weighted by molar-refractivity contribution is 6.32. The number of aromatic nitrogens is 1. The summed E-state index contributed by atoms with van der Waals surface area (Å²) in [6.45, 7) is 2.29. The van der Waals surface area contributed by atoms with Gasteiger partial charge in [0.1, 0.15) is 0 Å². The lowest BCUT2D eigenvalue weighted by Crippen LogP contribution is -2.62. The summed E-state index contributed by atoms with van der Waals surface area (Å²) >= 11 is 6.00. The molecule has 8 heteroatoms. The van der Waals surface area contributed by atoms with Crippen LogP contribution in [0.15, 0.2) is 16.7 Å². The van der Waals surface area contributed by atoms with Crippen LogP contribution in [0.3, 0.4) is 0 Å². The predicted octanol–water partition coefficient (Wildman–Crippen LogP) is 4.62. The average Bonchev–Trinajstić information content (AvgIpc) is 3.27. The molecule has 1 N–H and O–H groups in total. The molecule has 26 heavy (non-hydrogen) atoms. The first kappa shape index (κ1) is 16.7. The molecule has 1 aromatic heterocycles. The van der Waals surface area contributed by atoms with E-state index in [-0.39, 0.29) is 27.7 Å². The van der Waals surface area contributed by atoms with Crippen molar-refractivity contribution >= 4 is 28.4 Å². The van der Waals surface area contributed by atoms with E-state index >= 15 is 0 Å². The predicted molar refractivity (Wildman–Crippen MR) is 92.5 cm³/mol. The van der Waals surface area contributed by atoms with Crippen LogP contribution in [0.2, 0.25) is 5.02 Å². The van der Waals surface area contributed by atoms with Gasteiger partial charge in [-0.2, -0.15) is 13.2 Å². The van der Waals surface area contributed by atoms with E-state index in [2.05, 4.69) is 15.4 Å². The number of hydrogen-bond donors (Lipinski definition) is 1. The Bertz CT molecular complexity index is 853. The Hall–Kier alpha value is -1.47. The Kier molecular flexibility index (Phi) is 3.54. The molecule has 1 spiro atoms. The number of nitrogens with zero attached hydrogens (tertiary/aromatic N) is 2. The van der Waals surface area contributed by atoms with Crippen molar-refractivity contribution in [2.24, 2.45) is 5.92 Å². The Morgan fingerprint density at radius 1 is 1.27 bits per heavy atom. The summed E-state index contributed by atoms with van der Waals surface area (Å²) in [4.78, 5) is 2.57. The van der Waals surface area contributed by atoms with Crippen LogP contribution in [0.25, 0.3) is 11.0 Å². The van der Waals surface area contributed by atoms with Crippen molar-refractivity contribution in [1.29, 1.82) is 0 Å². The van der Waals surface area contributed by atoms with E-state index in [4.69, 9.17) is 16.1 Å². The first-order valence-corrected chi connectivity index (χ1v) is 9.40. The topological polar surface area (TPSA) is 41.3 Å². The maximum atomic E-state index is 12.9. The smallest absolute Gasteiger partial charge is 0.362 e. The van der Waals surface area contributed by atoms with Gasteiger partial charge < -0.3 is 9.84 Å². The van der Waals surface area contributed by atoms with E-state index < -0.39 is 12.6 Å². The third-order valence-electron chi connectivity index (χ3n) is 6.34. The molecule has 2 aromatic rings. The van der Waals surface area contributed by atoms with Crippen molar-refractivity contribution in [3.63, 3.8) is 0 Å².